The number of aliphatic hydroxyl groups excluding tert-OH is 1. The van der Waals surface area contributed by atoms with Crippen LogP contribution >= 0.6 is 11.3 Å². The summed E-state index contributed by atoms with van der Waals surface area (Å²) in [6.45, 7) is 4.24. The Labute approximate surface area is 141 Å². The SMILES string of the molecule is O=C(CC(O)c1ccccc1)N1CCN(Cc2cccs2)CC1. The monoisotopic (exact) mass is 330 g/mol. The van der Waals surface area contributed by atoms with Crippen molar-refractivity contribution in [1.82, 2.24) is 9.80 Å². The molecule has 0 saturated carbocycles. The van der Waals surface area contributed by atoms with E-state index in [0.29, 0.717) is 0 Å². The molecule has 1 N–H and O–H groups in total. The van der Waals surface area contributed by atoms with Gasteiger partial charge in [0.1, 0.15) is 0 Å². The highest BCUT2D eigenvalue weighted by Gasteiger charge is 2.23. The van der Waals surface area contributed by atoms with Crippen LogP contribution in [0.25, 0.3) is 0 Å². The lowest BCUT2D eigenvalue weighted by Crippen LogP contribution is -2.48. The molecule has 1 atom stereocenters. The molecule has 5 heteroatoms. The largest absolute Gasteiger partial charge is 0.388 e. The molecule has 0 aliphatic carbocycles. The molecule has 122 valence electrons. The van der Waals surface area contributed by atoms with Crippen LogP contribution in [0.2, 0.25) is 0 Å². The molecular weight excluding hydrogens is 308 g/mol. The van der Waals surface area contributed by atoms with Crippen LogP contribution in [0.15, 0.2) is 47.8 Å². The van der Waals surface area contributed by atoms with Crippen LogP contribution in [-0.2, 0) is 11.3 Å². The average Bonchev–Trinajstić information content (AvgIpc) is 3.09. The van der Waals surface area contributed by atoms with Crippen LogP contribution in [0.4, 0.5) is 0 Å². The van der Waals surface area contributed by atoms with E-state index in [9.17, 15) is 9.90 Å². The van der Waals surface area contributed by atoms with Gasteiger partial charge in [-0.05, 0) is 17.0 Å². The van der Waals surface area contributed by atoms with Gasteiger partial charge in [0, 0.05) is 37.6 Å². The molecule has 1 unspecified atom stereocenters. The molecule has 3 rings (SSSR count). The predicted octanol–water partition coefficient (Wildman–Crippen LogP) is 2.52. The molecule has 1 aliphatic rings. The summed E-state index contributed by atoms with van der Waals surface area (Å²) >= 11 is 1.77. The smallest absolute Gasteiger partial charge is 0.225 e. The van der Waals surface area contributed by atoms with Crippen molar-refractivity contribution in [1.29, 1.82) is 0 Å². The third-order valence-electron chi connectivity index (χ3n) is 4.24. The molecule has 4 nitrogen and oxygen atoms in total. The highest BCUT2D eigenvalue weighted by molar-refractivity contribution is 7.09. The van der Waals surface area contributed by atoms with Gasteiger partial charge in [-0.2, -0.15) is 0 Å². The van der Waals surface area contributed by atoms with E-state index in [0.717, 1.165) is 38.3 Å². The Morgan fingerprint density at radius 2 is 1.83 bits per heavy atom. The predicted molar refractivity (Wildman–Crippen MR) is 92.2 cm³/mol. The number of hydrogen-bond donors (Lipinski definition) is 1. The minimum Gasteiger partial charge on any atom is -0.388 e. The Hall–Kier alpha value is -1.69. The third kappa shape index (κ3) is 4.41. The Morgan fingerprint density at radius 1 is 1.09 bits per heavy atom. The first-order chi connectivity index (χ1) is 11.2. The van der Waals surface area contributed by atoms with Crippen molar-refractivity contribution in [2.75, 3.05) is 26.2 Å². The highest BCUT2D eigenvalue weighted by Crippen LogP contribution is 2.18. The first kappa shape index (κ1) is 16.2. The Morgan fingerprint density at radius 3 is 2.48 bits per heavy atom. The van der Waals surface area contributed by atoms with Gasteiger partial charge in [0.25, 0.3) is 0 Å². The topological polar surface area (TPSA) is 43.8 Å². The van der Waals surface area contributed by atoms with Crippen LogP contribution in [0, 0.1) is 0 Å². The molecule has 0 spiro atoms. The van der Waals surface area contributed by atoms with Crippen molar-refractivity contribution in [2.45, 2.75) is 19.1 Å². The standard InChI is InChI=1S/C18H22N2O2S/c21-17(15-5-2-1-3-6-15)13-18(22)20-10-8-19(9-11-20)14-16-7-4-12-23-16/h1-7,12,17,21H,8-11,13-14H2. The van der Waals surface area contributed by atoms with Gasteiger partial charge in [0.05, 0.1) is 12.5 Å². The molecule has 1 saturated heterocycles. The molecule has 2 heterocycles. The summed E-state index contributed by atoms with van der Waals surface area (Å²) in [5.74, 6) is 0.0390. The number of thiophene rings is 1. The van der Waals surface area contributed by atoms with Crippen LogP contribution in [0.5, 0.6) is 0 Å². The fourth-order valence-corrected chi connectivity index (χ4v) is 3.61. The summed E-state index contributed by atoms with van der Waals surface area (Å²) in [4.78, 5) is 18.0. The van der Waals surface area contributed by atoms with Crippen LogP contribution in [0.1, 0.15) is 23.0 Å². The summed E-state index contributed by atoms with van der Waals surface area (Å²) in [5.41, 5.74) is 0.803. The minimum atomic E-state index is -0.715. The molecule has 0 bridgehead atoms. The van der Waals surface area contributed by atoms with Gasteiger partial charge in [0.2, 0.25) is 5.91 Å². The first-order valence-electron chi connectivity index (χ1n) is 7.98. The Bertz CT molecular complexity index is 607. The maximum absolute atomic E-state index is 12.4. The molecule has 0 radical (unpaired) electrons. The van der Waals surface area contributed by atoms with E-state index in [1.807, 2.05) is 35.2 Å². The van der Waals surface area contributed by atoms with Crippen molar-refractivity contribution in [3.8, 4) is 0 Å². The number of benzene rings is 1. The van der Waals surface area contributed by atoms with E-state index in [1.54, 1.807) is 11.3 Å². The summed E-state index contributed by atoms with van der Waals surface area (Å²) in [7, 11) is 0. The van der Waals surface area contributed by atoms with Crippen molar-refractivity contribution >= 4 is 17.2 Å². The summed E-state index contributed by atoms with van der Waals surface area (Å²) in [5, 5.41) is 12.3. The molecule has 1 fully saturated rings. The number of rotatable bonds is 5. The van der Waals surface area contributed by atoms with Gasteiger partial charge in [-0.3, -0.25) is 9.69 Å². The summed E-state index contributed by atoms with van der Waals surface area (Å²) in [6, 6.07) is 13.6. The maximum Gasteiger partial charge on any atom is 0.225 e. The van der Waals surface area contributed by atoms with E-state index < -0.39 is 6.10 Å². The van der Waals surface area contributed by atoms with Gasteiger partial charge in [0.15, 0.2) is 0 Å². The number of piperazine rings is 1. The van der Waals surface area contributed by atoms with Crippen molar-refractivity contribution in [3.05, 3.63) is 58.3 Å². The average molecular weight is 330 g/mol. The normalized spacial score (nSPS) is 17.2. The van der Waals surface area contributed by atoms with Crippen molar-refractivity contribution in [3.63, 3.8) is 0 Å². The zero-order valence-electron chi connectivity index (χ0n) is 13.1. The molecule has 1 aromatic heterocycles. The summed E-state index contributed by atoms with van der Waals surface area (Å²) < 4.78 is 0. The Kier molecular flexibility index (Phi) is 5.43. The number of amides is 1. The molecule has 2 aromatic rings. The van der Waals surface area contributed by atoms with Gasteiger partial charge in [-0.25, -0.2) is 0 Å². The number of carbonyl (C=O) groups is 1. The number of hydrogen-bond acceptors (Lipinski definition) is 4. The van der Waals surface area contributed by atoms with E-state index >= 15 is 0 Å². The number of carbonyl (C=O) groups excluding carboxylic acids is 1. The fraction of sp³-hybridized carbons (Fsp3) is 0.389. The van der Waals surface area contributed by atoms with Crippen LogP contribution < -0.4 is 0 Å². The van der Waals surface area contributed by atoms with Gasteiger partial charge in [-0.1, -0.05) is 36.4 Å². The second-order valence-corrected chi connectivity index (χ2v) is 6.90. The molecule has 23 heavy (non-hydrogen) atoms. The Balaban J connectivity index is 1.46. The molecular formula is C18H22N2O2S. The number of aliphatic hydroxyl groups is 1. The first-order valence-corrected chi connectivity index (χ1v) is 8.86. The van der Waals surface area contributed by atoms with E-state index in [-0.39, 0.29) is 12.3 Å². The number of nitrogens with zero attached hydrogens (tertiary/aromatic N) is 2. The highest BCUT2D eigenvalue weighted by atomic mass is 32.1. The van der Waals surface area contributed by atoms with Crippen LogP contribution in [-0.4, -0.2) is 47.0 Å². The zero-order valence-corrected chi connectivity index (χ0v) is 13.9. The van der Waals surface area contributed by atoms with Gasteiger partial charge >= 0.3 is 0 Å². The lowest BCUT2D eigenvalue weighted by atomic mass is 10.1. The van der Waals surface area contributed by atoms with E-state index in [2.05, 4.69) is 22.4 Å². The van der Waals surface area contributed by atoms with Gasteiger partial charge in [-0.15, -0.1) is 11.3 Å². The third-order valence-corrected chi connectivity index (χ3v) is 5.10. The molecule has 1 aliphatic heterocycles. The maximum atomic E-state index is 12.4. The minimum absolute atomic E-state index is 0.0390. The lowest BCUT2D eigenvalue weighted by molar-refractivity contribution is -0.135. The van der Waals surface area contributed by atoms with Crippen molar-refractivity contribution in [2.24, 2.45) is 0 Å². The molecule has 1 aromatic carbocycles. The quantitative estimate of drug-likeness (QED) is 0.916. The fourth-order valence-electron chi connectivity index (χ4n) is 2.87. The van der Waals surface area contributed by atoms with E-state index in [4.69, 9.17) is 0 Å². The lowest BCUT2D eigenvalue weighted by Gasteiger charge is -2.35. The second-order valence-electron chi connectivity index (χ2n) is 5.87. The van der Waals surface area contributed by atoms with E-state index in [1.165, 1.54) is 4.88 Å². The molecule has 1 amide bonds. The summed E-state index contributed by atoms with van der Waals surface area (Å²) in [6.07, 6.45) is -0.553. The van der Waals surface area contributed by atoms with Crippen molar-refractivity contribution < 1.29 is 9.90 Å². The van der Waals surface area contributed by atoms with Crippen LogP contribution in [0.3, 0.4) is 0 Å². The second kappa shape index (κ2) is 7.73. The zero-order chi connectivity index (χ0) is 16.1. The van der Waals surface area contributed by atoms with Gasteiger partial charge < -0.3 is 10.0 Å².